The van der Waals surface area contributed by atoms with E-state index in [0.29, 0.717) is 0 Å². The molecule has 0 aromatic heterocycles. The van der Waals surface area contributed by atoms with Gasteiger partial charge >= 0.3 is 0 Å². The molecule has 1 unspecified atom stereocenters. The predicted molar refractivity (Wildman–Crippen MR) is 76.1 cm³/mol. The highest BCUT2D eigenvalue weighted by Crippen LogP contribution is 2.29. The highest BCUT2D eigenvalue weighted by Gasteiger charge is 2.37. The lowest BCUT2D eigenvalue weighted by Gasteiger charge is -2.50. The van der Waals surface area contributed by atoms with E-state index < -0.39 is 0 Å². The summed E-state index contributed by atoms with van der Waals surface area (Å²) in [4.78, 5) is 4.69. The Morgan fingerprint density at radius 1 is 1.33 bits per heavy atom. The van der Waals surface area contributed by atoms with Gasteiger partial charge in [0.25, 0.3) is 0 Å². The second-order valence-corrected chi connectivity index (χ2v) is 5.93. The molecule has 1 atom stereocenters. The average Bonchev–Trinajstić information content (AvgIpc) is 2.33. The second kappa shape index (κ2) is 4.90. The molecule has 3 heteroatoms. The Balaban J connectivity index is 2.28. The zero-order chi connectivity index (χ0) is 13.3. The van der Waals surface area contributed by atoms with E-state index in [9.17, 15) is 5.11 Å². The van der Waals surface area contributed by atoms with Crippen LogP contribution < -0.4 is 4.90 Å². The molecule has 1 aromatic rings. The zero-order valence-electron chi connectivity index (χ0n) is 11.8. The van der Waals surface area contributed by atoms with Gasteiger partial charge in [0, 0.05) is 24.3 Å². The van der Waals surface area contributed by atoms with Crippen LogP contribution in [0.3, 0.4) is 0 Å². The van der Waals surface area contributed by atoms with Gasteiger partial charge in [0.1, 0.15) is 0 Å². The van der Waals surface area contributed by atoms with Crippen molar-refractivity contribution >= 4 is 5.69 Å². The van der Waals surface area contributed by atoms with Gasteiger partial charge in [-0.25, -0.2) is 0 Å². The minimum absolute atomic E-state index is 0.0773. The number of aryl methyl sites for hydroxylation is 1. The number of hydrogen-bond acceptors (Lipinski definition) is 3. The fourth-order valence-electron chi connectivity index (χ4n) is 2.80. The van der Waals surface area contributed by atoms with Gasteiger partial charge in [-0.3, -0.25) is 4.90 Å². The van der Waals surface area contributed by atoms with Crippen LogP contribution in [0.1, 0.15) is 19.4 Å². The van der Waals surface area contributed by atoms with Crippen LogP contribution in [0.15, 0.2) is 24.3 Å². The van der Waals surface area contributed by atoms with Crippen molar-refractivity contribution < 1.29 is 5.11 Å². The van der Waals surface area contributed by atoms with Gasteiger partial charge in [0.05, 0.1) is 12.6 Å². The molecule has 1 fully saturated rings. The standard InChI is InChI=1S/C15H24N2O/c1-12-7-5-6-8-14(12)17-9-13(10-18)16(4)15(2,3)11-17/h5-8,13,18H,9-11H2,1-4H3. The molecule has 0 aliphatic carbocycles. The summed E-state index contributed by atoms with van der Waals surface area (Å²) in [5.74, 6) is 0. The van der Waals surface area contributed by atoms with Gasteiger partial charge < -0.3 is 10.0 Å². The molecule has 1 heterocycles. The fraction of sp³-hybridized carbons (Fsp3) is 0.600. The van der Waals surface area contributed by atoms with Crippen LogP contribution in [0, 0.1) is 6.92 Å². The van der Waals surface area contributed by atoms with Gasteiger partial charge in [-0.05, 0) is 39.4 Å². The normalized spacial score (nSPS) is 24.3. The minimum Gasteiger partial charge on any atom is -0.395 e. The Kier molecular flexibility index (Phi) is 3.64. The van der Waals surface area contributed by atoms with Crippen LogP contribution >= 0.6 is 0 Å². The molecular weight excluding hydrogens is 224 g/mol. The molecule has 0 bridgehead atoms. The Bertz CT molecular complexity index is 417. The SMILES string of the molecule is Cc1ccccc1N1CC(CO)N(C)C(C)(C)C1. The van der Waals surface area contributed by atoms with Crippen LogP contribution in [0.25, 0.3) is 0 Å². The summed E-state index contributed by atoms with van der Waals surface area (Å²) in [7, 11) is 2.11. The summed E-state index contributed by atoms with van der Waals surface area (Å²) >= 11 is 0. The molecule has 1 N–H and O–H groups in total. The molecule has 0 radical (unpaired) electrons. The Morgan fingerprint density at radius 3 is 2.61 bits per heavy atom. The lowest BCUT2D eigenvalue weighted by molar-refractivity contribution is 0.0455. The van der Waals surface area contributed by atoms with Gasteiger partial charge in [0.2, 0.25) is 0 Å². The molecule has 1 aromatic carbocycles. The maximum atomic E-state index is 9.56. The van der Waals surface area contributed by atoms with E-state index in [2.05, 4.69) is 61.9 Å². The van der Waals surface area contributed by atoms with E-state index in [-0.39, 0.29) is 18.2 Å². The van der Waals surface area contributed by atoms with Crippen molar-refractivity contribution in [1.29, 1.82) is 0 Å². The predicted octanol–water partition coefficient (Wildman–Crippen LogP) is 1.89. The quantitative estimate of drug-likeness (QED) is 0.866. The van der Waals surface area contributed by atoms with Gasteiger partial charge in [-0.1, -0.05) is 18.2 Å². The summed E-state index contributed by atoms with van der Waals surface area (Å²) in [5, 5.41) is 9.56. The molecular formula is C15H24N2O. The van der Waals surface area contributed by atoms with Crippen molar-refractivity contribution in [1.82, 2.24) is 4.90 Å². The van der Waals surface area contributed by atoms with Crippen molar-refractivity contribution in [2.24, 2.45) is 0 Å². The largest absolute Gasteiger partial charge is 0.395 e. The molecule has 1 aliphatic rings. The number of hydrogen-bond donors (Lipinski definition) is 1. The number of anilines is 1. The second-order valence-electron chi connectivity index (χ2n) is 5.93. The van der Waals surface area contributed by atoms with Crippen LogP contribution in [0.5, 0.6) is 0 Å². The Labute approximate surface area is 110 Å². The number of aliphatic hydroxyl groups excluding tert-OH is 1. The van der Waals surface area contributed by atoms with Gasteiger partial charge in [0.15, 0.2) is 0 Å². The average molecular weight is 248 g/mol. The molecule has 100 valence electrons. The molecule has 0 spiro atoms. The minimum atomic E-state index is 0.0773. The summed E-state index contributed by atoms with van der Waals surface area (Å²) in [6.45, 7) is 8.71. The molecule has 1 saturated heterocycles. The maximum absolute atomic E-state index is 9.56. The Morgan fingerprint density at radius 2 is 2.00 bits per heavy atom. The number of rotatable bonds is 2. The smallest absolute Gasteiger partial charge is 0.0604 e. The highest BCUT2D eigenvalue weighted by atomic mass is 16.3. The summed E-state index contributed by atoms with van der Waals surface area (Å²) < 4.78 is 0. The molecule has 2 rings (SSSR count). The number of likely N-dealkylation sites (N-methyl/N-ethyl adjacent to an activating group) is 1. The monoisotopic (exact) mass is 248 g/mol. The maximum Gasteiger partial charge on any atom is 0.0604 e. The molecule has 1 aliphatic heterocycles. The Hall–Kier alpha value is -1.06. The third kappa shape index (κ3) is 2.38. The van der Waals surface area contributed by atoms with Crippen molar-refractivity contribution in [3.8, 4) is 0 Å². The molecule has 3 nitrogen and oxygen atoms in total. The lowest BCUT2D eigenvalue weighted by atomic mass is 9.95. The topological polar surface area (TPSA) is 26.7 Å². The van der Waals surface area contributed by atoms with E-state index >= 15 is 0 Å². The van der Waals surface area contributed by atoms with Crippen LogP contribution in [0.2, 0.25) is 0 Å². The number of benzene rings is 1. The van der Waals surface area contributed by atoms with E-state index in [0.717, 1.165) is 13.1 Å². The van der Waals surface area contributed by atoms with Crippen molar-refractivity contribution in [2.75, 3.05) is 31.6 Å². The molecule has 0 saturated carbocycles. The van der Waals surface area contributed by atoms with Crippen molar-refractivity contribution in [3.05, 3.63) is 29.8 Å². The first-order valence-electron chi connectivity index (χ1n) is 6.60. The zero-order valence-corrected chi connectivity index (χ0v) is 11.8. The van der Waals surface area contributed by atoms with Gasteiger partial charge in [-0.15, -0.1) is 0 Å². The number of para-hydroxylation sites is 1. The molecule has 18 heavy (non-hydrogen) atoms. The van der Waals surface area contributed by atoms with Crippen molar-refractivity contribution in [2.45, 2.75) is 32.4 Å². The summed E-state index contributed by atoms with van der Waals surface area (Å²) in [6, 6.07) is 8.68. The third-order valence-electron chi connectivity index (χ3n) is 4.18. The highest BCUT2D eigenvalue weighted by molar-refractivity contribution is 5.54. The first-order valence-corrected chi connectivity index (χ1v) is 6.60. The lowest BCUT2D eigenvalue weighted by Crippen LogP contribution is -2.63. The van der Waals surface area contributed by atoms with Crippen LogP contribution in [-0.4, -0.2) is 48.3 Å². The summed E-state index contributed by atoms with van der Waals surface area (Å²) in [5.41, 5.74) is 2.67. The van der Waals surface area contributed by atoms with E-state index in [1.54, 1.807) is 0 Å². The van der Waals surface area contributed by atoms with Gasteiger partial charge in [-0.2, -0.15) is 0 Å². The third-order valence-corrected chi connectivity index (χ3v) is 4.18. The first-order chi connectivity index (χ1) is 8.45. The van der Waals surface area contributed by atoms with Crippen LogP contribution in [-0.2, 0) is 0 Å². The van der Waals surface area contributed by atoms with E-state index in [1.165, 1.54) is 11.3 Å². The number of aliphatic hydroxyl groups is 1. The van der Waals surface area contributed by atoms with Crippen LogP contribution in [0.4, 0.5) is 5.69 Å². The number of nitrogens with zero attached hydrogens (tertiary/aromatic N) is 2. The van der Waals surface area contributed by atoms with E-state index in [4.69, 9.17) is 0 Å². The molecule has 0 amide bonds. The van der Waals surface area contributed by atoms with Crippen molar-refractivity contribution in [3.63, 3.8) is 0 Å². The summed E-state index contributed by atoms with van der Waals surface area (Å²) in [6.07, 6.45) is 0. The first kappa shape index (κ1) is 13.4. The van der Waals surface area contributed by atoms with E-state index in [1.807, 2.05) is 0 Å². The number of piperazine rings is 1. The fourth-order valence-corrected chi connectivity index (χ4v) is 2.80.